The van der Waals surface area contributed by atoms with Crippen molar-refractivity contribution >= 4 is 32.6 Å². The van der Waals surface area contributed by atoms with Crippen LogP contribution < -0.4 is 10.1 Å². The molecule has 0 atom stereocenters. The molecule has 0 spiro atoms. The summed E-state index contributed by atoms with van der Waals surface area (Å²) < 4.78 is 38.9. The van der Waals surface area contributed by atoms with Crippen LogP contribution in [-0.2, 0) is 21.6 Å². The molecule has 0 aromatic carbocycles. The molecule has 2 aliphatic heterocycles. The Balaban J connectivity index is 1.15. The van der Waals surface area contributed by atoms with E-state index in [1.54, 1.807) is 10.9 Å². The third-order valence-electron chi connectivity index (χ3n) is 7.67. The normalized spacial score (nSPS) is 25.3. The summed E-state index contributed by atoms with van der Waals surface area (Å²) in [6.07, 6.45) is 8.88. The van der Waals surface area contributed by atoms with Crippen molar-refractivity contribution in [2.24, 2.45) is 7.05 Å². The lowest BCUT2D eigenvalue weighted by molar-refractivity contribution is -0.00127. The van der Waals surface area contributed by atoms with Gasteiger partial charge in [0.25, 0.3) is 0 Å². The highest BCUT2D eigenvalue weighted by atomic mass is 32.2. The number of ether oxygens (including phenoxy) is 2. The molecule has 3 aromatic rings. The minimum absolute atomic E-state index is 0.0638. The fourth-order valence-corrected chi connectivity index (χ4v) is 7.04. The quantitative estimate of drug-likeness (QED) is 0.494. The van der Waals surface area contributed by atoms with Gasteiger partial charge in [-0.15, -0.1) is 5.10 Å². The molecule has 2 saturated heterocycles. The second kappa shape index (κ2) is 10.1. The fraction of sp³-hybridized carbons (Fsp3) is 0.696. The van der Waals surface area contributed by atoms with Crippen LogP contribution in [0.2, 0.25) is 0 Å². The number of sulfone groups is 1. The van der Waals surface area contributed by atoms with Crippen molar-refractivity contribution in [3.05, 3.63) is 12.4 Å². The number of morpholine rings is 1. The first-order valence-electron chi connectivity index (χ1n) is 13.0. The Morgan fingerprint density at radius 3 is 2.54 bits per heavy atom. The van der Waals surface area contributed by atoms with Gasteiger partial charge in [-0.05, 0) is 38.5 Å². The smallest absolute Gasteiger partial charge is 0.247 e. The molecule has 6 rings (SSSR count). The molecule has 14 heteroatoms. The second-order valence-electron chi connectivity index (χ2n) is 10.2. The first kappa shape index (κ1) is 24.5. The first-order valence-corrected chi connectivity index (χ1v) is 14.8. The molecule has 3 aliphatic rings. The summed E-state index contributed by atoms with van der Waals surface area (Å²) in [6, 6.07) is 0.652. The van der Waals surface area contributed by atoms with Gasteiger partial charge in [0.2, 0.25) is 17.5 Å². The van der Waals surface area contributed by atoms with Crippen LogP contribution in [0.3, 0.4) is 0 Å². The minimum Gasteiger partial charge on any atom is -0.473 e. The topological polar surface area (TPSA) is 142 Å². The summed E-state index contributed by atoms with van der Waals surface area (Å²) in [5.41, 5.74) is 1.84. The van der Waals surface area contributed by atoms with E-state index < -0.39 is 9.84 Å². The van der Waals surface area contributed by atoms with E-state index in [4.69, 9.17) is 9.47 Å². The van der Waals surface area contributed by atoms with E-state index in [0.29, 0.717) is 47.6 Å². The van der Waals surface area contributed by atoms with E-state index >= 15 is 0 Å². The minimum atomic E-state index is -2.92. The Labute approximate surface area is 215 Å². The highest BCUT2D eigenvalue weighted by Crippen LogP contribution is 2.31. The second-order valence-corrected chi connectivity index (χ2v) is 12.5. The zero-order valence-corrected chi connectivity index (χ0v) is 21.8. The number of nitrogens with one attached hydrogen (secondary N) is 1. The molecular weight excluding hydrogens is 498 g/mol. The molecule has 0 bridgehead atoms. The van der Waals surface area contributed by atoms with E-state index in [2.05, 4.69) is 35.6 Å². The SMILES string of the molecule is Cn1nnc2nc(Nc3cnn(C4CCS(=O)(=O)CC4)c3)nc(OC3CCC(N4CCOCC4)CC3)c21. The lowest BCUT2D eigenvalue weighted by Crippen LogP contribution is -2.46. The third kappa shape index (κ3) is 5.41. The first-order chi connectivity index (χ1) is 17.9. The highest BCUT2D eigenvalue weighted by molar-refractivity contribution is 7.91. The molecule has 3 aromatic heterocycles. The van der Waals surface area contributed by atoms with Crippen molar-refractivity contribution < 1.29 is 17.9 Å². The summed E-state index contributed by atoms with van der Waals surface area (Å²) in [7, 11) is -1.12. The summed E-state index contributed by atoms with van der Waals surface area (Å²) in [5, 5.41) is 16.0. The fourth-order valence-electron chi connectivity index (χ4n) is 5.57. The number of anilines is 2. The van der Waals surface area contributed by atoms with Gasteiger partial charge < -0.3 is 14.8 Å². The van der Waals surface area contributed by atoms with Crippen LogP contribution in [0, 0.1) is 0 Å². The van der Waals surface area contributed by atoms with Gasteiger partial charge in [0.15, 0.2) is 5.52 Å². The maximum Gasteiger partial charge on any atom is 0.247 e. The van der Waals surface area contributed by atoms with Crippen LogP contribution in [0.15, 0.2) is 12.4 Å². The molecule has 200 valence electrons. The van der Waals surface area contributed by atoms with E-state index in [1.165, 1.54) is 0 Å². The number of hydrogen-bond donors (Lipinski definition) is 1. The molecule has 0 unspecified atom stereocenters. The largest absolute Gasteiger partial charge is 0.473 e. The van der Waals surface area contributed by atoms with Gasteiger partial charge >= 0.3 is 0 Å². The van der Waals surface area contributed by atoms with Gasteiger partial charge in [0, 0.05) is 32.4 Å². The van der Waals surface area contributed by atoms with Crippen LogP contribution >= 0.6 is 0 Å². The van der Waals surface area contributed by atoms with Gasteiger partial charge in [-0.25, -0.2) is 13.1 Å². The average Bonchev–Trinajstić information content (AvgIpc) is 3.52. The molecule has 0 amide bonds. The van der Waals surface area contributed by atoms with Crippen molar-refractivity contribution in [2.75, 3.05) is 43.1 Å². The summed E-state index contributed by atoms with van der Waals surface area (Å²) in [5.74, 6) is 1.22. The molecule has 1 N–H and O–H groups in total. The number of aryl methyl sites for hydroxylation is 1. The van der Waals surface area contributed by atoms with Gasteiger partial charge in [0.05, 0.1) is 42.6 Å². The van der Waals surface area contributed by atoms with Crippen molar-refractivity contribution in [3.8, 4) is 5.88 Å². The Kier molecular flexibility index (Phi) is 6.71. The predicted molar refractivity (Wildman–Crippen MR) is 136 cm³/mol. The highest BCUT2D eigenvalue weighted by Gasteiger charge is 2.29. The van der Waals surface area contributed by atoms with Crippen LogP contribution in [0.25, 0.3) is 11.2 Å². The van der Waals surface area contributed by atoms with Crippen LogP contribution in [0.5, 0.6) is 5.88 Å². The van der Waals surface area contributed by atoms with E-state index in [1.807, 2.05) is 17.9 Å². The monoisotopic (exact) mass is 531 g/mol. The molecule has 1 aliphatic carbocycles. The Bertz CT molecular complexity index is 1330. The molecule has 13 nitrogen and oxygen atoms in total. The predicted octanol–water partition coefficient (Wildman–Crippen LogP) is 1.47. The number of aromatic nitrogens is 7. The van der Waals surface area contributed by atoms with Crippen molar-refractivity contribution in [1.29, 1.82) is 0 Å². The van der Waals surface area contributed by atoms with Crippen LogP contribution in [0.4, 0.5) is 11.6 Å². The number of fused-ring (bicyclic) bond motifs is 1. The van der Waals surface area contributed by atoms with Gasteiger partial charge in [-0.2, -0.15) is 15.1 Å². The van der Waals surface area contributed by atoms with E-state index in [9.17, 15) is 8.42 Å². The van der Waals surface area contributed by atoms with Gasteiger partial charge in [0.1, 0.15) is 15.9 Å². The molecular formula is C23H33N9O4S. The summed E-state index contributed by atoms with van der Waals surface area (Å²) in [4.78, 5) is 11.8. The third-order valence-corrected chi connectivity index (χ3v) is 9.39. The summed E-state index contributed by atoms with van der Waals surface area (Å²) >= 11 is 0. The van der Waals surface area contributed by atoms with Gasteiger partial charge in [-0.3, -0.25) is 9.58 Å². The Hall–Kier alpha value is -2.84. The van der Waals surface area contributed by atoms with Crippen LogP contribution in [-0.4, -0.2) is 98.0 Å². The Morgan fingerprint density at radius 2 is 1.78 bits per heavy atom. The number of nitrogens with zero attached hydrogens (tertiary/aromatic N) is 8. The number of hydrogen-bond acceptors (Lipinski definition) is 11. The van der Waals surface area contributed by atoms with Crippen molar-refractivity contribution in [2.45, 2.75) is 56.7 Å². The molecule has 3 fully saturated rings. The average molecular weight is 532 g/mol. The van der Waals surface area contributed by atoms with Gasteiger partial charge in [-0.1, -0.05) is 5.21 Å². The molecule has 37 heavy (non-hydrogen) atoms. The molecule has 0 radical (unpaired) electrons. The Morgan fingerprint density at radius 1 is 1.03 bits per heavy atom. The zero-order valence-electron chi connectivity index (χ0n) is 21.0. The zero-order chi connectivity index (χ0) is 25.4. The maximum atomic E-state index is 11.8. The lowest BCUT2D eigenvalue weighted by Gasteiger charge is -2.38. The van der Waals surface area contributed by atoms with Crippen LogP contribution in [0.1, 0.15) is 44.6 Å². The number of rotatable bonds is 6. The van der Waals surface area contributed by atoms with E-state index in [0.717, 1.165) is 52.0 Å². The molecule has 5 heterocycles. The van der Waals surface area contributed by atoms with E-state index in [-0.39, 0.29) is 23.7 Å². The van der Waals surface area contributed by atoms with Crippen molar-refractivity contribution in [3.63, 3.8) is 0 Å². The summed E-state index contributed by atoms with van der Waals surface area (Å²) in [6.45, 7) is 3.66. The maximum absolute atomic E-state index is 11.8. The molecule has 1 saturated carbocycles. The standard InChI is InChI=1S/C23H33N9O4S/c1-30-20-21(28-29-30)26-23(25-16-14-24-32(15-16)18-6-12-37(33,34)13-7-18)27-22(20)36-19-4-2-17(3-5-19)31-8-10-35-11-9-31/h14-15,17-19H,2-13H2,1H3,(H,25,26,27). The lowest BCUT2D eigenvalue weighted by atomic mass is 9.91. The van der Waals surface area contributed by atoms with Crippen molar-refractivity contribution in [1.82, 2.24) is 39.6 Å².